The average molecular weight is 279 g/mol. The Hall–Kier alpha value is -0.840. The monoisotopic (exact) mass is 279 g/mol. The first-order chi connectivity index (χ1) is 8.65. The standard InChI is InChI=1S/C14H17NOS2/c1-10-11(2)18-14(15-10)8-12(16)9-17-13-6-4-3-5-7-13/h3-7,12,16H,8-9H2,1-2H3. The number of benzene rings is 1. The number of aliphatic hydroxyl groups excluding tert-OH is 1. The highest BCUT2D eigenvalue weighted by atomic mass is 32.2. The summed E-state index contributed by atoms with van der Waals surface area (Å²) in [6.45, 7) is 4.09. The highest BCUT2D eigenvalue weighted by Gasteiger charge is 2.10. The average Bonchev–Trinajstić information content (AvgIpc) is 2.67. The van der Waals surface area contributed by atoms with Crippen LogP contribution in [-0.2, 0) is 6.42 Å². The van der Waals surface area contributed by atoms with E-state index in [9.17, 15) is 5.11 Å². The molecule has 96 valence electrons. The van der Waals surface area contributed by atoms with Crippen LogP contribution in [-0.4, -0.2) is 21.9 Å². The largest absolute Gasteiger partial charge is 0.392 e. The summed E-state index contributed by atoms with van der Waals surface area (Å²) >= 11 is 3.37. The van der Waals surface area contributed by atoms with Crippen LogP contribution in [0.3, 0.4) is 0 Å². The van der Waals surface area contributed by atoms with Crippen molar-refractivity contribution in [2.75, 3.05) is 5.75 Å². The number of thiazole rings is 1. The second-order valence-electron chi connectivity index (χ2n) is 4.23. The van der Waals surface area contributed by atoms with Crippen molar-refractivity contribution in [3.8, 4) is 0 Å². The van der Waals surface area contributed by atoms with Gasteiger partial charge in [0.05, 0.1) is 16.8 Å². The number of hydrogen-bond donors (Lipinski definition) is 1. The summed E-state index contributed by atoms with van der Waals surface area (Å²) in [5.41, 5.74) is 1.08. The van der Waals surface area contributed by atoms with Crippen LogP contribution in [0.2, 0.25) is 0 Å². The number of thioether (sulfide) groups is 1. The minimum Gasteiger partial charge on any atom is -0.392 e. The van der Waals surface area contributed by atoms with Crippen molar-refractivity contribution >= 4 is 23.1 Å². The van der Waals surface area contributed by atoms with Gasteiger partial charge >= 0.3 is 0 Å². The maximum Gasteiger partial charge on any atom is 0.0956 e. The molecule has 2 rings (SSSR count). The molecule has 0 saturated carbocycles. The molecule has 4 heteroatoms. The molecule has 0 saturated heterocycles. The van der Waals surface area contributed by atoms with Gasteiger partial charge in [0.25, 0.3) is 0 Å². The van der Waals surface area contributed by atoms with Crippen molar-refractivity contribution < 1.29 is 5.11 Å². The highest BCUT2D eigenvalue weighted by Crippen LogP contribution is 2.21. The second kappa shape index (κ2) is 6.36. The molecule has 1 unspecified atom stereocenters. The molecule has 2 aromatic rings. The molecule has 0 aliphatic rings. The molecule has 1 aromatic carbocycles. The normalized spacial score (nSPS) is 12.6. The van der Waals surface area contributed by atoms with Gasteiger partial charge in [0.15, 0.2) is 0 Å². The zero-order chi connectivity index (χ0) is 13.0. The lowest BCUT2D eigenvalue weighted by molar-refractivity contribution is 0.200. The third-order valence-corrected chi connectivity index (χ3v) is 4.92. The van der Waals surface area contributed by atoms with E-state index in [1.807, 2.05) is 25.1 Å². The maximum absolute atomic E-state index is 10.0. The molecule has 1 heterocycles. The molecule has 0 fully saturated rings. The third-order valence-electron chi connectivity index (χ3n) is 2.67. The molecule has 2 nitrogen and oxygen atoms in total. The Kier molecular flexibility index (Phi) is 4.80. The van der Waals surface area contributed by atoms with Gasteiger partial charge in [0.1, 0.15) is 0 Å². The number of aromatic nitrogens is 1. The van der Waals surface area contributed by atoms with E-state index >= 15 is 0 Å². The first kappa shape index (κ1) is 13.6. The fourth-order valence-corrected chi connectivity index (χ4v) is 3.45. The molecular weight excluding hydrogens is 262 g/mol. The van der Waals surface area contributed by atoms with Gasteiger partial charge in [-0.2, -0.15) is 0 Å². The summed E-state index contributed by atoms with van der Waals surface area (Å²) in [6.07, 6.45) is 0.319. The zero-order valence-electron chi connectivity index (χ0n) is 10.6. The van der Waals surface area contributed by atoms with Crippen molar-refractivity contribution in [3.63, 3.8) is 0 Å². The van der Waals surface area contributed by atoms with E-state index in [1.54, 1.807) is 23.1 Å². The number of nitrogens with zero attached hydrogens (tertiary/aromatic N) is 1. The van der Waals surface area contributed by atoms with Gasteiger partial charge in [-0.15, -0.1) is 23.1 Å². The van der Waals surface area contributed by atoms with Crippen LogP contribution in [0.1, 0.15) is 15.6 Å². The van der Waals surface area contributed by atoms with Crippen LogP contribution >= 0.6 is 23.1 Å². The molecule has 0 bridgehead atoms. The molecular formula is C14H17NOS2. The Labute approximate surface area is 116 Å². The van der Waals surface area contributed by atoms with Crippen molar-refractivity contribution in [2.45, 2.75) is 31.3 Å². The summed E-state index contributed by atoms with van der Waals surface area (Å²) in [5.74, 6) is 0.710. The van der Waals surface area contributed by atoms with Crippen molar-refractivity contribution in [2.24, 2.45) is 0 Å². The van der Waals surface area contributed by atoms with E-state index < -0.39 is 0 Å². The Morgan fingerprint density at radius 3 is 2.61 bits per heavy atom. The molecule has 0 radical (unpaired) electrons. The van der Waals surface area contributed by atoms with Crippen molar-refractivity contribution in [3.05, 3.63) is 45.9 Å². The number of hydrogen-bond acceptors (Lipinski definition) is 4. The molecule has 0 amide bonds. The van der Waals surface area contributed by atoms with Gasteiger partial charge in [-0.1, -0.05) is 18.2 Å². The van der Waals surface area contributed by atoms with E-state index in [4.69, 9.17) is 0 Å². The number of rotatable bonds is 5. The first-order valence-corrected chi connectivity index (χ1v) is 7.74. The fraction of sp³-hybridized carbons (Fsp3) is 0.357. The molecule has 0 aliphatic heterocycles. The highest BCUT2D eigenvalue weighted by molar-refractivity contribution is 7.99. The maximum atomic E-state index is 10.0. The molecule has 18 heavy (non-hydrogen) atoms. The summed E-state index contributed by atoms with van der Waals surface area (Å²) in [4.78, 5) is 6.90. The quantitative estimate of drug-likeness (QED) is 0.851. The molecule has 1 atom stereocenters. The van der Waals surface area contributed by atoms with Crippen LogP contribution in [0.15, 0.2) is 35.2 Å². The van der Waals surface area contributed by atoms with Crippen LogP contribution in [0.5, 0.6) is 0 Å². The zero-order valence-corrected chi connectivity index (χ0v) is 12.2. The van der Waals surface area contributed by atoms with Gasteiger partial charge in [-0.3, -0.25) is 0 Å². The summed E-state index contributed by atoms with van der Waals surface area (Å²) in [6, 6.07) is 10.2. The molecule has 1 N–H and O–H groups in total. The molecule has 1 aromatic heterocycles. The SMILES string of the molecule is Cc1nc(CC(O)CSc2ccccc2)sc1C. The van der Waals surface area contributed by atoms with Gasteiger partial charge in [0.2, 0.25) is 0 Å². The van der Waals surface area contributed by atoms with Crippen molar-refractivity contribution in [1.29, 1.82) is 0 Å². The predicted octanol–water partition coefficient (Wildman–Crippen LogP) is 3.46. The lowest BCUT2D eigenvalue weighted by Gasteiger charge is -2.08. The Balaban J connectivity index is 1.84. The Morgan fingerprint density at radius 2 is 2.00 bits per heavy atom. The number of aliphatic hydroxyl groups is 1. The van der Waals surface area contributed by atoms with E-state index in [-0.39, 0.29) is 6.10 Å². The number of aryl methyl sites for hydroxylation is 2. The summed E-state index contributed by atoms with van der Waals surface area (Å²) in [5, 5.41) is 11.0. The van der Waals surface area contributed by atoms with Crippen LogP contribution in [0.4, 0.5) is 0 Å². The van der Waals surface area contributed by atoms with Gasteiger partial charge in [0, 0.05) is 21.9 Å². The third kappa shape index (κ3) is 3.83. The lowest BCUT2D eigenvalue weighted by atomic mass is 10.3. The Morgan fingerprint density at radius 1 is 1.28 bits per heavy atom. The van der Waals surface area contributed by atoms with Gasteiger partial charge in [-0.25, -0.2) is 4.98 Å². The second-order valence-corrected chi connectivity index (χ2v) is 6.61. The fourth-order valence-electron chi connectivity index (χ4n) is 1.60. The molecule has 0 aliphatic carbocycles. The van der Waals surface area contributed by atoms with Crippen LogP contribution < -0.4 is 0 Å². The Bertz CT molecular complexity index is 476. The first-order valence-electron chi connectivity index (χ1n) is 5.94. The van der Waals surface area contributed by atoms with Gasteiger partial charge in [-0.05, 0) is 26.0 Å². The van der Waals surface area contributed by atoms with E-state index in [0.29, 0.717) is 12.2 Å². The van der Waals surface area contributed by atoms with Gasteiger partial charge < -0.3 is 5.11 Å². The predicted molar refractivity (Wildman–Crippen MR) is 78.5 cm³/mol. The topological polar surface area (TPSA) is 33.1 Å². The van der Waals surface area contributed by atoms with E-state index in [0.717, 1.165) is 10.7 Å². The van der Waals surface area contributed by atoms with E-state index in [1.165, 1.54) is 9.77 Å². The minimum absolute atomic E-state index is 0.333. The van der Waals surface area contributed by atoms with Crippen LogP contribution in [0.25, 0.3) is 0 Å². The summed E-state index contributed by atoms with van der Waals surface area (Å²) < 4.78 is 0. The summed E-state index contributed by atoms with van der Waals surface area (Å²) in [7, 11) is 0. The van der Waals surface area contributed by atoms with Crippen LogP contribution in [0, 0.1) is 13.8 Å². The molecule has 0 spiro atoms. The lowest BCUT2D eigenvalue weighted by Crippen LogP contribution is -2.13. The van der Waals surface area contributed by atoms with Crippen molar-refractivity contribution in [1.82, 2.24) is 4.98 Å². The smallest absolute Gasteiger partial charge is 0.0956 e. The minimum atomic E-state index is -0.333. The van der Waals surface area contributed by atoms with E-state index in [2.05, 4.69) is 24.0 Å².